The van der Waals surface area contributed by atoms with E-state index in [-0.39, 0.29) is 17.9 Å². The van der Waals surface area contributed by atoms with Crippen LogP contribution in [0.1, 0.15) is 44.5 Å². The molecule has 132 valence electrons. The van der Waals surface area contributed by atoms with Crippen LogP contribution in [0.4, 0.5) is 0 Å². The number of nitrogens with zero attached hydrogens (tertiary/aromatic N) is 3. The van der Waals surface area contributed by atoms with Crippen LogP contribution in [0.5, 0.6) is 0 Å². The molecule has 7 heteroatoms. The number of aromatic nitrogens is 3. The van der Waals surface area contributed by atoms with Crippen LogP contribution in [0.2, 0.25) is 0 Å². The first kappa shape index (κ1) is 15.7. The third-order valence-electron chi connectivity index (χ3n) is 5.47. The lowest BCUT2D eigenvalue weighted by Gasteiger charge is -2.33. The molecule has 1 aliphatic heterocycles. The van der Waals surface area contributed by atoms with E-state index in [0.29, 0.717) is 10.7 Å². The Morgan fingerprint density at radius 3 is 3.08 bits per heavy atom. The molecule has 2 aromatic heterocycles. The molecule has 0 spiro atoms. The van der Waals surface area contributed by atoms with Gasteiger partial charge in [-0.05, 0) is 18.4 Å². The van der Waals surface area contributed by atoms with Gasteiger partial charge in [-0.25, -0.2) is 9.97 Å². The Kier molecular flexibility index (Phi) is 3.48. The number of amides is 1. The van der Waals surface area contributed by atoms with Gasteiger partial charge in [0, 0.05) is 23.4 Å². The second-order valence-corrected chi connectivity index (χ2v) is 7.86. The van der Waals surface area contributed by atoms with Crippen molar-refractivity contribution in [2.45, 2.75) is 25.0 Å². The second kappa shape index (κ2) is 5.75. The Hall–Kier alpha value is -2.51. The molecule has 1 aliphatic carbocycles. The molecule has 3 aromatic rings. The van der Waals surface area contributed by atoms with Crippen molar-refractivity contribution in [3.8, 4) is 11.3 Å². The monoisotopic (exact) mass is 366 g/mol. The summed E-state index contributed by atoms with van der Waals surface area (Å²) in [5.74, 6) is -0.199. The van der Waals surface area contributed by atoms with Crippen molar-refractivity contribution in [1.29, 1.82) is 0 Å². The fourth-order valence-electron chi connectivity index (χ4n) is 4.28. The minimum atomic E-state index is -0.695. The summed E-state index contributed by atoms with van der Waals surface area (Å²) in [7, 11) is 1.60. The van der Waals surface area contributed by atoms with Crippen molar-refractivity contribution >= 4 is 17.2 Å². The zero-order chi connectivity index (χ0) is 17.8. The third-order valence-corrected chi connectivity index (χ3v) is 6.60. The van der Waals surface area contributed by atoms with E-state index in [1.54, 1.807) is 7.05 Å². The largest absolute Gasteiger partial charge is 0.386 e. The lowest BCUT2D eigenvalue weighted by molar-refractivity contribution is 0.0690. The van der Waals surface area contributed by atoms with E-state index in [2.05, 4.69) is 32.0 Å². The van der Waals surface area contributed by atoms with Gasteiger partial charge < -0.3 is 15.0 Å². The Balaban J connectivity index is 1.56. The summed E-state index contributed by atoms with van der Waals surface area (Å²) < 4.78 is 2.16. The molecule has 5 rings (SSSR count). The summed E-state index contributed by atoms with van der Waals surface area (Å²) in [5.41, 5.74) is 4.15. The minimum absolute atomic E-state index is 0.00117. The zero-order valence-electron chi connectivity index (χ0n) is 14.2. The van der Waals surface area contributed by atoms with Crippen LogP contribution in [-0.2, 0) is 6.42 Å². The molecule has 2 aliphatic rings. The number of hydrogen-bond donors (Lipinski definition) is 2. The van der Waals surface area contributed by atoms with Crippen molar-refractivity contribution < 1.29 is 9.90 Å². The van der Waals surface area contributed by atoms with Gasteiger partial charge in [-0.3, -0.25) is 4.79 Å². The Labute approximate surface area is 154 Å². The van der Waals surface area contributed by atoms with E-state index < -0.39 is 6.10 Å². The number of carbonyl (C=O) groups excluding carboxylic acids is 1. The first-order valence-corrected chi connectivity index (χ1v) is 9.51. The number of hydrogen-bond acceptors (Lipinski definition) is 5. The average Bonchev–Trinajstić information content (AvgIpc) is 3.36. The van der Waals surface area contributed by atoms with Crippen molar-refractivity contribution in [3.05, 3.63) is 57.9 Å². The number of benzene rings is 1. The Morgan fingerprint density at radius 2 is 2.23 bits per heavy atom. The van der Waals surface area contributed by atoms with Crippen LogP contribution in [0.3, 0.4) is 0 Å². The van der Waals surface area contributed by atoms with Crippen LogP contribution in [-0.4, -0.2) is 32.6 Å². The van der Waals surface area contributed by atoms with Gasteiger partial charge in [0.15, 0.2) is 5.01 Å². The second-order valence-electron chi connectivity index (χ2n) is 6.77. The number of rotatable bonds is 2. The highest BCUT2D eigenvalue weighted by molar-refractivity contribution is 7.13. The van der Waals surface area contributed by atoms with Crippen molar-refractivity contribution in [3.63, 3.8) is 0 Å². The Bertz CT molecular complexity index is 1010. The summed E-state index contributed by atoms with van der Waals surface area (Å²) in [6, 6.07) is 8.35. The molecule has 0 bridgehead atoms. The quantitative estimate of drug-likeness (QED) is 0.730. The molecule has 3 atom stereocenters. The van der Waals surface area contributed by atoms with Gasteiger partial charge in [0.05, 0.1) is 30.0 Å². The van der Waals surface area contributed by atoms with Gasteiger partial charge in [-0.1, -0.05) is 24.3 Å². The number of fused-ring (bicyclic) bond motifs is 4. The molecule has 1 amide bonds. The number of thiazole rings is 1. The van der Waals surface area contributed by atoms with Crippen LogP contribution in [0, 0.1) is 5.92 Å². The fourth-order valence-corrected chi connectivity index (χ4v) is 5.34. The van der Waals surface area contributed by atoms with Crippen molar-refractivity contribution in [1.82, 2.24) is 19.9 Å². The summed E-state index contributed by atoms with van der Waals surface area (Å²) in [5, 5.41) is 14.1. The standard InChI is InChI=1S/C19H18N4O2S/c1-20-18(25)19-22-15-14(26-19)7-6-12(17(15)24)16-11-5-3-2-4-10(11)13-8-21-9-23(13)16/h2-5,8-9,12,16-17,24H,6-7H2,1H3,(H,20,25)/t12-,16?,17+/m0/s1. The number of aliphatic hydroxyl groups excluding tert-OH is 1. The molecule has 1 unspecified atom stereocenters. The predicted molar refractivity (Wildman–Crippen MR) is 98.1 cm³/mol. The predicted octanol–water partition coefficient (Wildman–Crippen LogP) is 2.57. The van der Waals surface area contributed by atoms with Crippen LogP contribution < -0.4 is 5.32 Å². The highest BCUT2D eigenvalue weighted by Gasteiger charge is 2.42. The number of carbonyl (C=O) groups is 1. The van der Waals surface area contributed by atoms with E-state index in [9.17, 15) is 9.90 Å². The van der Waals surface area contributed by atoms with E-state index in [4.69, 9.17) is 0 Å². The van der Waals surface area contributed by atoms with Crippen LogP contribution in [0.25, 0.3) is 11.3 Å². The maximum atomic E-state index is 11.9. The maximum absolute atomic E-state index is 11.9. The minimum Gasteiger partial charge on any atom is -0.386 e. The number of aliphatic hydroxyl groups is 1. The first-order valence-electron chi connectivity index (χ1n) is 8.70. The van der Waals surface area contributed by atoms with Crippen LogP contribution in [0.15, 0.2) is 36.8 Å². The normalized spacial score (nSPS) is 23.2. The molecule has 1 aromatic carbocycles. The topological polar surface area (TPSA) is 80.0 Å². The molecular weight excluding hydrogens is 348 g/mol. The highest BCUT2D eigenvalue weighted by Crippen LogP contribution is 2.50. The van der Waals surface area contributed by atoms with E-state index in [1.165, 1.54) is 22.5 Å². The molecule has 26 heavy (non-hydrogen) atoms. The summed E-state index contributed by atoms with van der Waals surface area (Å²) in [6.45, 7) is 0. The molecule has 3 heterocycles. The van der Waals surface area contributed by atoms with E-state index in [0.717, 1.165) is 23.4 Å². The summed E-state index contributed by atoms with van der Waals surface area (Å²) in [6.07, 6.45) is 4.71. The van der Waals surface area contributed by atoms with E-state index in [1.807, 2.05) is 24.7 Å². The van der Waals surface area contributed by atoms with Crippen LogP contribution >= 0.6 is 11.3 Å². The average molecular weight is 366 g/mol. The lowest BCUT2D eigenvalue weighted by Crippen LogP contribution is -2.28. The zero-order valence-corrected chi connectivity index (χ0v) is 15.0. The smallest absolute Gasteiger partial charge is 0.280 e. The SMILES string of the molecule is CNC(=O)c1nc2c(s1)CC[C@@H](C1c3ccccc3-c3cncn31)[C@H]2O. The maximum Gasteiger partial charge on any atom is 0.280 e. The highest BCUT2D eigenvalue weighted by atomic mass is 32.1. The molecule has 0 radical (unpaired) electrons. The van der Waals surface area contributed by atoms with Gasteiger partial charge in [-0.15, -0.1) is 11.3 Å². The molecule has 6 nitrogen and oxygen atoms in total. The molecule has 0 saturated heterocycles. The van der Waals surface area contributed by atoms with Gasteiger partial charge in [0.25, 0.3) is 5.91 Å². The third kappa shape index (κ3) is 2.10. The van der Waals surface area contributed by atoms with Crippen molar-refractivity contribution in [2.75, 3.05) is 7.05 Å². The van der Waals surface area contributed by atoms with Gasteiger partial charge >= 0.3 is 0 Å². The van der Waals surface area contributed by atoms with E-state index >= 15 is 0 Å². The van der Waals surface area contributed by atoms with Gasteiger partial charge in [-0.2, -0.15) is 0 Å². The van der Waals surface area contributed by atoms with Crippen molar-refractivity contribution in [2.24, 2.45) is 5.92 Å². The summed E-state index contributed by atoms with van der Waals surface area (Å²) >= 11 is 1.39. The number of nitrogens with one attached hydrogen (secondary N) is 1. The molecular formula is C19H18N4O2S. The molecule has 0 fully saturated rings. The lowest BCUT2D eigenvalue weighted by atomic mass is 9.80. The summed E-state index contributed by atoms with van der Waals surface area (Å²) in [4.78, 5) is 21.7. The fraction of sp³-hybridized carbons (Fsp3) is 0.316. The number of aryl methyl sites for hydroxylation is 1. The first-order chi connectivity index (χ1) is 12.7. The molecule has 0 saturated carbocycles. The van der Waals surface area contributed by atoms with Gasteiger partial charge in [0.2, 0.25) is 0 Å². The van der Waals surface area contributed by atoms with Gasteiger partial charge in [0.1, 0.15) is 6.10 Å². The molecule has 2 N–H and O–H groups in total. The number of imidazole rings is 1. The Morgan fingerprint density at radius 1 is 1.38 bits per heavy atom.